The van der Waals surface area contributed by atoms with Gasteiger partial charge in [0.25, 0.3) is 5.69 Å². The first-order valence-electron chi connectivity index (χ1n) is 6.67. The molecule has 1 aromatic rings. The lowest BCUT2D eigenvalue weighted by Gasteiger charge is -2.25. The Hall–Kier alpha value is -1.67. The summed E-state index contributed by atoms with van der Waals surface area (Å²) in [6.45, 7) is 3.60. The van der Waals surface area contributed by atoms with E-state index < -0.39 is 26.2 Å². The van der Waals surface area contributed by atoms with Crippen molar-refractivity contribution in [3.8, 4) is 0 Å². The van der Waals surface area contributed by atoms with E-state index in [1.54, 1.807) is 20.9 Å². The van der Waals surface area contributed by atoms with Crippen LogP contribution in [0.5, 0.6) is 0 Å². The van der Waals surface area contributed by atoms with Crippen molar-refractivity contribution in [2.75, 3.05) is 12.4 Å². The van der Waals surface area contributed by atoms with Crippen molar-refractivity contribution in [2.45, 2.75) is 37.1 Å². The number of hydrogen-bond acceptors (Lipinski definition) is 5. The highest BCUT2D eigenvalue weighted by molar-refractivity contribution is 7.89. The zero-order chi connectivity index (χ0) is 15.8. The van der Waals surface area contributed by atoms with Crippen LogP contribution in [0.2, 0.25) is 0 Å². The molecule has 0 heterocycles. The van der Waals surface area contributed by atoms with Crippen LogP contribution >= 0.6 is 0 Å². The Bertz CT molecular complexity index is 666. The molecule has 2 N–H and O–H groups in total. The molecule has 1 aliphatic rings. The van der Waals surface area contributed by atoms with Gasteiger partial charge in [0.05, 0.1) is 4.92 Å². The third kappa shape index (κ3) is 3.33. The van der Waals surface area contributed by atoms with E-state index in [4.69, 9.17) is 0 Å². The van der Waals surface area contributed by atoms with Crippen LogP contribution < -0.4 is 10.0 Å². The van der Waals surface area contributed by atoms with Gasteiger partial charge in [-0.1, -0.05) is 0 Å². The highest BCUT2D eigenvalue weighted by atomic mass is 32.2. The Balaban J connectivity index is 2.44. The smallest absolute Gasteiger partial charge is 0.289 e. The minimum atomic E-state index is -3.96. The zero-order valence-corrected chi connectivity index (χ0v) is 13.0. The molecule has 1 saturated carbocycles. The third-order valence-electron chi connectivity index (χ3n) is 3.73. The van der Waals surface area contributed by atoms with Crippen molar-refractivity contribution in [1.29, 1.82) is 0 Å². The van der Waals surface area contributed by atoms with Gasteiger partial charge in [0, 0.05) is 24.3 Å². The van der Waals surface area contributed by atoms with Crippen molar-refractivity contribution >= 4 is 21.4 Å². The molecule has 1 aromatic carbocycles. The maximum Gasteiger partial charge on any atom is 0.289 e. The van der Waals surface area contributed by atoms with Gasteiger partial charge in [0.15, 0.2) is 4.90 Å². The molecule has 0 saturated heterocycles. The highest BCUT2D eigenvalue weighted by Gasteiger charge is 2.41. The van der Waals surface area contributed by atoms with Crippen molar-refractivity contribution in [1.82, 2.24) is 4.72 Å². The zero-order valence-electron chi connectivity index (χ0n) is 12.2. The van der Waals surface area contributed by atoms with E-state index in [1.165, 1.54) is 18.2 Å². The van der Waals surface area contributed by atoms with Gasteiger partial charge in [-0.2, -0.15) is 0 Å². The number of hydrogen-bond donors (Lipinski definition) is 2. The van der Waals surface area contributed by atoms with Gasteiger partial charge < -0.3 is 5.32 Å². The summed E-state index contributed by atoms with van der Waals surface area (Å²) in [5.74, 6) is 0.277. The molecule has 1 fully saturated rings. The Morgan fingerprint density at radius 3 is 2.43 bits per heavy atom. The predicted octanol–water partition coefficient (Wildman–Crippen LogP) is 2.10. The number of nitro groups is 1. The number of benzene rings is 1. The van der Waals surface area contributed by atoms with Crippen LogP contribution in [0.25, 0.3) is 0 Å². The second-order valence-corrected chi connectivity index (χ2v) is 7.44. The maximum absolute atomic E-state index is 12.5. The molecule has 0 unspecified atom stereocenters. The third-order valence-corrected chi connectivity index (χ3v) is 5.43. The van der Waals surface area contributed by atoms with Gasteiger partial charge >= 0.3 is 0 Å². The van der Waals surface area contributed by atoms with Gasteiger partial charge in [-0.3, -0.25) is 10.1 Å². The Labute approximate surface area is 123 Å². The molecule has 0 aliphatic heterocycles. The van der Waals surface area contributed by atoms with Crippen LogP contribution in [-0.2, 0) is 10.0 Å². The van der Waals surface area contributed by atoms with E-state index in [0.29, 0.717) is 5.69 Å². The first kappa shape index (κ1) is 15.7. The summed E-state index contributed by atoms with van der Waals surface area (Å²) < 4.78 is 27.7. The predicted molar refractivity (Wildman–Crippen MR) is 79.8 cm³/mol. The molecule has 0 atom stereocenters. The maximum atomic E-state index is 12.5. The standard InChI is InChI=1S/C13H19N3O4S/c1-13(2,9-4-5-9)15-21(19,20)12-8-10(14-3)6-7-11(12)16(17)18/h6-9,14-15H,4-5H2,1-3H3. The first-order valence-corrected chi connectivity index (χ1v) is 8.16. The largest absolute Gasteiger partial charge is 0.388 e. The number of nitrogens with zero attached hydrogens (tertiary/aromatic N) is 1. The molecule has 0 radical (unpaired) electrons. The summed E-state index contributed by atoms with van der Waals surface area (Å²) in [4.78, 5) is 10.1. The molecule has 1 aliphatic carbocycles. The van der Waals surface area contributed by atoms with Crippen LogP contribution in [0, 0.1) is 16.0 Å². The van der Waals surface area contributed by atoms with Crippen molar-refractivity contribution in [3.05, 3.63) is 28.3 Å². The van der Waals surface area contributed by atoms with Gasteiger partial charge in [0.1, 0.15) is 0 Å². The summed E-state index contributed by atoms with van der Waals surface area (Å²) in [5.41, 5.74) is -0.527. The summed E-state index contributed by atoms with van der Waals surface area (Å²) >= 11 is 0. The van der Waals surface area contributed by atoms with Crippen LogP contribution in [0.15, 0.2) is 23.1 Å². The van der Waals surface area contributed by atoms with E-state index >= 15 is 0 Å². The first-order chi connectivity index (χ1) is 9.67. The van der Waals surface area contributed by atoms with E-state index in [-0.39, 0.29) is 10.8 Å². The molecular formula is C13H19N3O4S. The molecule has 0 spiro atoms. The quantitative estimate of drug-likeness (QED) is 0.618. The van der Waals surface area contributed by atoms with Crippen LogP contribution in [0.1, 0.15) is 26.7 Å². The van der Waals surface area contributed by atoms with Crippen molar-refractivity contribution < 1.29 is 13.3 Å². The minimum Gasteiger partial charge on any atom is -0.388 e. The van der Waals surface area contributed by atoms with Crippen molar-refractivity contribution in [2.24, 2.45) is 5.92 Å². The van der Waals surface area contributed by atoms with E-state index in [1.807, 2.05) is 0 Å². The summed E-state index contributed by atoms with van der Waals surface area (Å²) in [6, 6.07) is 3.96. The average Bonchev–Trinajstić information content (AvgIpc) is 3.21. The lowest BCUT2D eigenvalue weighted by molar-refractivity contribution is -0.387. The SMILES string of the molecule is CNc1ccc([N+](=O)[O-])c(S(=O)(=O)NC(C)(C)C2CC2)c1. The number of nitro benzene ring substituents is 1. The molecule has 2 rings (SSSR count). The summed E-state index contributed by atoms with van der Waals surface area (Å²) in [7, 11) is -2.34. The molecule has 21 heavy (non-hydrogen) atoms. The molecule has 0 aromatic heterocycles. The molecule has 8 heteroatoms. The van der Waals surface area contributed by atoms with E-state index in [0.717, 1.165) is 12.8 Å². The van der Waals surface area contributed by atoms with Crippen LogP contribution in [0.3, 0.4) is 0 Å². The second kappa shape index (κ2) is 5.27. The van der Waals surface area contributed by atoms with E-state index in [9.17, 15) is 18.5 Å². The monoisotopic (exact) mass is 313 g/mol. The minimum absolute atomic E-state index is 0.277. The highest BCUT2D eigenvalue weighted by Crippen LogP contribution is 2.40. The molecule has 7 nitrogen and oxygen atoms in total. The number of rotatable bonds is 6. The summed E-state index contributed by atoms with van der Waals surface area (Å²) in [6.07, 6.45) is 1.93. The summed E-state index contributed by atoms with van der Waals surface area (Å²) in [5, 5.41) is 13.9. The molecule has 0 bridgehead atoms. The number of sulfonamides is 1. The Morgan fingerprint density at radius 2 is 1.95 bits per heavy atom. The Kier molecular flexibility index (Phi) is 3.94. The molecule has 0 amide bonds. The topological polar surface area (TPSA) is 101 Å². The Morgan fingerprint density at radius 1 is 1.33 bits per heavy atom. The fourth-order valence-corrected chi connectivity index (χ4v) is 3.99. The van der Waals surface area contributed by atoms with Crippen LogP contribution in [0.4, 0.5) is 11.4 Å². The van der Waals surface area contributed by atoms with Crippen molar-refractivity contribution in [3.63, 3.8) is 0 Å². The van der Waals surface area contributed by atoms with Gasteiger partial charge in [-0.05, 0) is 44.7 Å². The number of anilines is 1. The average molecular weight is 313 g/mol. The van der Waals surface area contributed by atoms with Crippen LogP contribution in [-0.4, -0.2) is 25.9 Å². The fourth-order valence-electron chi connectivity index (χ4n) is 2.33. The molecular weight excluding hydrogens is 294 g/mol. The lowest BCUT2D eigenvalue weighted by atomic mass is 10.0. The molecule has 116 valence electrons. The van der Waals surface area contributed by atoms with Gasteiger partial charge in [-0.15, -0.1) is 0 Å². The number of nitrogens with one attached hydrogen (secondary N) is 2. The second-order valence-electron chi connectivity index (χ2n) is 5.79. The van der Waals surface area contributed by atoms with E-state index in [2.05, 4.69) is 10.0 Å². The van der Waals surface area contributed by atoms with Gasteiger partial charge in [0.2, 0.25) is 10.0 Å². The van der Waals surface area contributed by atoms with Gasteiger partial charge in [-0.25, -0.2) is 13.1 Å². The lowest BCUT2D eigenvalue weighted by Crippen LogP contribution is -2.45. The normalized spacial score (nSPS) is 15.8. The fraction of sp³-hybridized carbons (Fsp3) is 0.538.